The first-order valence-electron chi connectivity index (χ1n) is 7.55. The molecule has 1 aromatic carbocycles. The number of hydrogen-bond acceptors (Lipinski definition) is 6. The number of azide groups is 1. The third-order valence-electron chi connectivity index (χ3n) is 2.89. The molecule has 0 saturated heterocycles. The van der Waals surface area contributed by atoms with Crippen molar-refractivity contribution in [2.75, 3.05) is 13.8 Å². The summed E-state index contributed by atoms with van der Waals surface area (Å²) in [6.07, 6.45) is -0.472. The van der Waals surface area contributed by atoms with E-state index >= 15 is 0 Å². The number of alkyl carbamates (subject to hydrolysis) is 1. The van der Waals surface area contributed by atoms with Crippen molar-refractivity contribution >= 4 is 12.1 Å². The number of nitrogens with zero attached hydrogens (tertiary/aromatic N) is 3. The van der Waals surface area contributed by atoms with E-state index in [1.165, 1.54) is 7.11 Å². The molecule has 0 bridgehead atoms. The summed E-state index contributed by atoms with van der Waals surface area (Å²) >= 11 is 0. The lowest BCUT2D eigenvalue weighted by Gasteiger charge is -2.22. The Kier molecular flexibility index (Phi) is 7.55. The largest absolute Gasteiger partial charge is 0.488 e. The summed E-state index contributed by atoms with van der Waals surface area (Å²) < 4.78 is 15.1. The number of carbonyl (C=O) groups is 2. The number of esters is 1. The van der Waals surface area contributed by atoms with Gasteiger partial charge in [0.15, 0.2) is 6.73 Å². The van der Waals surface area contributed by atoms with Gasteiger partial charge in [-0.3, -0.25) is 0 Å². The molecule has 0 radical (unpaired) electrons. The molecule has 25 heavy (non-hydrogen) atoms. The van der Waals surface area contributed by atoms with Crippen LogP contribution in [-0.4, -0.2) is 37.5 Å². The van der Waals surface area contributed by atoms with Gasteiger partial charge in [0.2, 0.25) is 0 Å². The molecule has 0 aliphatic heterocycles. The van der Waals surface area contributed by atoms with Crippen LogP contribution in [0.2, 0.25) is 0 Å². The molecule has 0 heterocycles. The molecule has 1 N–H and O–H groups in total. The number of benzene rings is 1. The van der Waals surface area contributed by atoms with Crippen molar-refractivity contribution < 1.29 is 23.8 Å². The molecule has 0 unspecified atom stereocenters. The number of ether oxygens (including phenoxy) is 3. The van der Waals surface area contributed by atoms with E-state index in [0.717, 1.165) is 5.56 Å². The van der Waals surface area contributed by atoms with Gasteiger partial charge in [0, 0.05) is 11.3 Å². The van der Waals surface area contributed by atoms with Crippen molar-refractivity contribution in [3.63, 3.8) is 0 Å². The monoisotopic (exact) mass is 350 g/mol. The summed E-state index contributed by atoms with van der Waals surface area (Å²) in [6, 6.07) is 5.93. The minimum Gasteiger partial charge on any atom is -0.488 e. The molecule has 9 nitrogen and oxygen atoms in total. The topological polar surface area (TPSA) is 123 Å². The molecule has 1 atom stereocenters. The van der Waals surface area contributed by atoms with Gasteiger partial charge >= 0.3 is 12.1 Å². The van der Waals surface area contributed by atoms with E-state index in [2.05, 4.69) is 15.3 Å². The quantitative estimate of drug-likeness (QED) is 0.350. The van der Waals surface area contributed by atoms with Gasteiger partial charge in [-0.05, 0) is 44.0 Å². The summed E-state index contributed by atoms with van der Waals surface area (Å²) in [5, 5.41) is 5.78. The average molecular weight is 350 g/mol. The summed E-state index contributed by atoms with van der Waals surface area (Å²) in [7, 11) is 1.25. The molecule has 1 aromatic rings. The van der Waals surface area contributed by atoms with Crippen LogP contribution in [-0.2, 0) is 20.7 Å². The van der Waals surface area contributed by atoms with Crippen molar-refractivity contribution in [2.24, 2.45) is 5.11 Å². The summed E-state index contributed by atoms with van der Waals surface area (Å²) in [6.45, 7) is 5.08. The predicted octanol–water partition coefficient (Wildman–Crippen LogP) is 2.94. The zero-order valence-electron chi connectivity index (χ0n) is 14.7. The van der Waals surface area contributed by atoms with Crippen molar-refractivity contribution in [3.05, 3.63) is 40.3 Å². The third kappa shape index (κ3) is 7.94. The molecule has 0 saturated carbocycles. The van der Waals surface area contributed by atoms with E-state index in [4.69, 9.17) is 19.7 Å². The van der Waals surface area contributed by atoms with Gasteiger partial charge in [-0.2, -0.15) is 0 Å². The summed E-state index contributed by atoms with van der Waals surface area (Å²) in [5.41, 5.74) is 8.30. The van der Waals surface area contributed by atoms with Gasteiger partial charge in [-0.1, -0.05) is 17.2 Å². The Hall–Kier alpha value is -2.93. The highest BCUT2D eigenvalue weighted by molar-refractivity contribution is 5.81. The normalized spacial score (nSPS) is 11.7. The highest BCUT2D eigenvalue weighted by Gasteiger charge is 2.25. The fourth-order valence-corrected chi connectivity index (χ4v) is 1.87. The second-order valence-corrected chi connectivity index (χ2v) is 6.07. The Bertz CT molecular complexity index is 633. The number of rotatable bonds is 7. The van der Waals surface area contributed by atoms with Crippen molar-refractivity contribution in [3.8, 4) is 5.75 Å². The molecule has 1 rings (SSSR count). The smallest absolute Gasteiger partial charge is 0.408 e. The lowest BCUT2D eigenvalue weighted by Crippen LogP contribution is -2.45. The minimum atomic E-state index is -0.880. The number of methoxy groups -OCH3 is 1. The van der Waals surface area contributed by atoms with Crippen LogP contribution in [0.25, 0.3) is 10.4 Å². The van der Waals surface area contributed by atoms with E-state index in [1.54, 1.807) is 45.0 Å². The first kappa shape index (κ1) is 20.1. The molecular formula is C16H22N4O5. The molecule has 0 spiro atoms. The van der Waals surface area contributed by atoms with Crippen LogP contribution in [0.3, 0.4) is 0 Å². The highest BCUT2D eigenvalue weighted by atomic mass is 16.6. The zero-order valence-corrected chi connectivity index (χ0v) is 14.7. The molecule has 1 amide bonds. The number of amides is 1. The van der Waals surface area contributed by atoms with Gasteiger partial charge in [0.05, 0.1) is 7.11 Å². The van der Waals surface area contributed by atoms with E-state index in [-0.39, 0.29) is 13.2 Å². The van der Waals surface area contributed by atoms with E-state index in [0.29, 0.717) is 5.75 Å². The molecule has 136 valence electrons. The lowest BCUT2D eigenvalue weighted by atomic mass is 10.1. The predicted molar refractivity (Wildman–Crippen MR) is 90.0 cm³/mol. The van der Waals surface area contributed by atoms with Gasteiger partial charge in [0.1, 0.15) is 17.4 Å². The average Bonchev–Trinajstić information content (AvgIpc) is 2.53. The SMILES string of the molecule is COC(=O)[C@H](Cc1ccc(OCN=[N+]=[N-])cc1)NC(=O)OC(C)(C)C. The first-order valence-corrected chi connectivity index (χ1v) is 7.55. The third-order valence-corrected chi connectivity index (χ3v) is 2.89. The maximum atomic E-state index is 11.9. The minimum absolute atomic E-state index is 0.110. The van der Waals surface area contributed by atoms with Crippen molar-refractivity contribution in [1.82, 2.24) is 5.32 Å². The van der Waals surface area contributed by atoms with E-state index in [1.807, 2.05) is 0 Å². The lowest BCUT2D eigenvalue weighted by molar-refractivity contribution is -0.143. The molecule has 0 aromatic heterocycles. The van der Waals surface area contributed by atoms with Gasteiger partial charge < -0.3 is 19.5 Å². The van der Waals surface area contributed by atoms with Crippen LogP contribution in [0.5, 0.6) is 5.75 Å². The molecular weight excluding hydrogens is 328 g/mol. The number of hydrogen-bond donors (Lipinski definition) is 1. The second-order valence-electron chi connectivity index (χ2n) is 6.07. The fraction of sp³-hybridized carbons (Fsp3) is 0.500. The van der Waals surface area contributed by atoms with Crippen LogP contribution < -0.4 is 10.1 Å². The number of nitrogens with one attached hydrogen (secondary N) is 1. The maximum Gasteiger partial charge on any atom is 0.408 e. The van der Waals surface area contributed by atoms with Gasteiger partial charge in [-0.25, -0.2) is 9.59 Å². The first-order chi connectivity index (χ1) is 11.7. The zero-order chi connectivity index (χ0) is 18.9. The second kappa shape index (κ2) is 9.39. The van der Waals surface area contributed by atoms with Crippen molar-refractivity contribution in [2.45, 2.75) is 38.8 Å². The van der Waals surface area contributed by atoms with Crippen LogP contribution in [0.4, 0.5) is 4.79 Å². The Morgan fingerprint density at radius 2 is 1.92 bits per heavy atom. The van der Waals surface area contributed by atoms with E-state index < -0.39 is 23.7 Å². The summed E-state index contributed by atoms with van der Waals surface area (Å²) in [5.74, 6) is -0.0552. The molecule has 0 fully saturated rings. The van der Waals surface area contributed by atoms with Crippen LogP contribution in [0.1, 0.15) is 26.3 Å². The summed E-state index contributed by atoms with van der Waals surface area (Å²) in [4.78, 5) is 26.4. The van der Waals surface area contributed by atoms with Crippen LogP contribution in [0, 0.1) is 0 Å². The molecule has 9 heteroatoms. The van der Waals surface area contributed by atoms with E-state index in [9.17, 15) is 9.59 Å². The fourth-order valence-electron chi connectivity index (χ4n) is 1.87. The Balaban J connectivity index is 2.73. The van der Waals surface area contributed by atoms with Gasteiger partial charge in [0.25, 0.3) is 0 Å². The molecule has 0 aliphatic rings. The highest BCUT2D eigenvalue weighted by Crippen LogP contribution is 2.14. The Labute approximate surface area is 145 Å². The maximum absolute atomic E-state index is 11.9. The standard InChI is InChI=1S/C16H22N4O5/c1-16(2,3)25-15(22)19-13(14(21)23-4)9-11-5-7-12(8-6-11)24-10-18-20-17/h5-8,13H,9-10H2,1-4H3,(H,19,22)/t13-/m0/s1. The van der Waals surface area contributed by atoms with Gasteiger partial charge in [-0.15, -0.1) is 0 Å². The molecule has 0 aliphatic carbocycles. The van der Waals surface area contributed by atoms with Crippen molar-refractivity contribution in [1.29, 1.82) is 0 Å². The number of carbonyl (C=O) groups excluding carboxylic acids is 2. The Morgan fingerprint density at radius 3 is 2.44 bits per heavy atom. The van der Waals surface area contributed by atoms with Crippen LogP contribution >= 0.6 is 0 Å². The van der Waals surface area contributed by atoms with Crippen LogP contribution in [0.15, 0.2) is 29.4 Å². The Morgan fingerprint density at radius 1 is 1.28 bits per heavy atom.